The number of benzene rings is 6. The predicted molar refractivity (Wildman–Crippen MR) is 184 cm³/mol. The molecular formula is C38H25N4OSTe+. The van der Waals surface area contributed by atoms with Crippen LogP contribution in [0.3, 0.4) is 0 Å². The largest absolute Gasteiger partial charge is 0.0580 e. The van der Waals surface area contributed by atoms with Gasteiger partial charge in [0, 0.05) is 0 Å². The Balaban J connectivity index is 1.10. The van der Waals surface area contributed by atoms with Crippen molar-refractivity contribution in [2.24, 2.45) is 0 Å². The number of anilines is 3. The Morgan fingerprint density at radius 3 is 2.36 bits per heavy atom. The number of fused-ring (bicyclic) bond motifs is 4. The molecule has 0 unspecified atom stereocenters. The summed E-state index contributed by atoms with van der Waals surface area (Å²) in [5.74, 6) is 1.59. The van der Waals surface area contributed by atoms with E-state index in [-0.39, 0.29) is 0 Å². The Kier molecular flexibility index (Phi) is 6.41. The van der Waals surface area contributed by atoms with Gasteiger partial charge >= 0.3 is 239 Å². The smallest absolute Gasteiger partial charge is 0.0147 e. The predicted octanol–water partition coefficient (Wildman–Crippen LogP) is 7.75. The topological polar surface area (TPSA) is 34.2 Å². The van der Waals surface area contributed by atoms with Crippen LogP contribution in [-0.4, -0.2) is 30.5 Å². The van der Waals surface area contributed by atoms with E-state index < -0.39 is 20.9 Å². The van der Waals surface area contributed by atoms with Crippen LogP contribution in [0.25, 0.3) is 32.6 Å². The van der Waals surface area contributed by atoms with Gasteiger partial charge in [-0.25, -0.2) is 0 Å². The number of thiazole rings is 1. The molecule has 2 aromatic heterocycles. The molecule has 0 radical (unpaired) electrons. The summed E-state index contributed by atoms with van der Waals surface area (Å²) >= 11 is 1.17. The number of rotatable bonds is 5. The van der Waals surface area contributed by atoms with Gasteiger partial charge in [-0.2, -0.15) is 0 Å². The van der Waals surface area contributed by atoms with E-state index >= 15 is 0 Å². The standard InChI is InChI=1S/C38H25N4OSTe/c1-2-11-26(12-3-1)40-25-41(32-17-6-5-16-31(32)40)27-13-10-14-28(23-27)43-29-21-22-37-34(24-29)42(33-18-7-9-20-36(33)45-37)38-39-30-15-4-8-19-35(30)44-38/h1-25H/q+1. The fourth-order valence-corrected chi connectivity index (χ4v) is 9.86. The minimum Gasteiger partial charge on any atom is -0.0580 e. The van der Waals surface area contributed by atoms with Gasteiger partial charge in [0.15, 0.2) is 0 Å². The fraction of sp³-hybridized carbons (Fsp3) is 0. The third kappa shape index (κ3) is 4.68. The van der Waals surface area contributed by atoms with E-state index in [1.165, 1.54) is 17.6 Å². The average Bonchev–Trinajstić information content (AvgIpc) is 3.70. The third-order valence-electron chi connectivity index (χ3n) is 7.97. The van der Waals surface area contributed by atoms with Gasteiger partial charge in [0.05, 0.1) is 0 Å². The van der Waals surface area contributed by atoms with Gasteiger partial charge in [0.1, 0.15) is 0 Å². The van der Waals surface area contributed by atoms with Crippen LogP contribution in [-0.2, 0) is 0 Å². The van der Waals surface area contributed by atoms with Gasteiger partial charge in [-0.1, -0.05) is 24.3 Å². The molecule has 7 heteroatoms. The van der Waals surface area contributed by atoms with Crippen LogP contribution >= 0.6 is 11.3 Å². The molecule has 6 aromatic carbocycles. The molecule has 0 spiro atoms. The number of aromatic nitrogens is 3. The fourth-order valence-electron chi connectivity index (χ4n) is 5.90. The molecule has 9 rings (SSSR count). The molecule has 0 saturated carbocycles. The van der Waals surface area contributed by atoms with Gasteiger partial charge in [0.25, 0.3) is 0 Å². The SMILES string of the molecule is c1ccc(-[n+]2cn(-c3cccc(Oc4ccc5c(c4)N(c4nc6ccccc6s4)c4ccccc4[Te]5)c3)c3ccccc32)cc1. The molecule has 8 aromatic rings. The van der Waals surface area contributed by atoms with Crippen LogP contribution in [0.2, 0.25) is 0 Å². The summed E-state index contributed by atoms with van der Waals surface area (Å²) in [6.07, 6.45) is 2.15. The number of ether oxygens (including phenoxy) is 1. The summed E-state index contributed by atoms with van der Waals surface area (Å²) in [5.41, 5.74) is 7.82. The molecule has 1 aliphatic heterocycles. The minimum absolute atomic E-state index is 0.557. The molecule has 1 aliphatic rings. The quantitative estimate of drug-likeness (QED) is 0.135. The normalized spacial score (nSPS) is 12.3. The van der Waals surface area contributed by atoms with Gasteiger partial charge in [-0.15, -0.1) is 0 Å². The average molecular weight is 713 g/mol. The number of hydrogen-bond acceptors (Lipinski definition) is 4. The molecule has 214 valence electrons. The maximum absolute atomic E-state index is 6.59. The van der Waals surface area contributed by atoms with Gasteiger partial charge in [0.2, 0.25) is 0 Å². The first-order chi connectivity index (χ1) is 22.3. The Hall–Kier alpha value is -4.93. The second-order valence-corrected chi connectivity index (χ2v) is 14.9. The van der Waals surface area contributed by atoms with Crippen LogP contribution < -0.4 is 21.4 Å². The van der Waals surface area contributed by atoms with E-state index in [4.69, 9.17) is 9.72 Å². The van der Waals surface area contributed by atoms with Gasteiger partial charge < -0.3 is 0 Å². The molecular weight excluding hydrogens is 688 g/mol. The van der Waals surface area contributed by atoms with Crippen molar-refractivity contribution in [1.82, 2.24) is 9.55 Å². The van der Waals surface area contributed by atoms with Crippen LogP contribution in [0.15, 0.2) is 152 Å². The Morgan fingerprint density at radius 1 is 0.644 bits per heavy atom. The molecule has 5 nitrogen and oxygen atoms in total. The third-order valence-corrected chi connectivity index (χ3v) is 12.2. The van der Waals surface area contributed by atoms with E-state index in [0.29, 0.717) is 0 Å². The summed E-state index contributed by atoms with van der Waals surface area (Å²) in [7, 11) is 0. The molecule has 0 aliphatic carbocycles. The monoisotopic (exact) mass is 715 g/mol. The van der Waals surface area contributed by atoms with Crippen LogP contribution in [0.1, 0.15) is 0 Å². The summed E-state index contributed by atoms with van der Waals surface area (Å²) in [5, 5.41) is 0.974. The zero-order valence-corrected chi connectivity index (χ0v) is 27.1. The summed E-state index contributed by atoms with van der Waals surface area (Å²) < 4.78 is 15.0. The molecule has 0 N–H and O–H groups in total. The molecule has 0 atom stereocenters. The van der Waals surface area contributed by atoms with Crippen molar-refractivity contribution in [3.05, 3.63) is 152 Å². The van der Waals surface area contributed by atoms with Crippen molar-refractivity contribution in [2.75, 3.05) is 4.90 Å². The Bertz CT molecular complexity index is 2330. The number of nitrogens with zero attached hydrogens (tertiary/aromatic N) is 4. The van der Waals surface area contributed by atoms with Crippen molar-refractivity contribution in [1.29, 1.82) is 0 Å². The van der Waals surface area contributed by atoms with E-state index in [1.807, 2.05) is 18.2 Å². The second-order valence-electron chi connectivity index (χ2n) is 10.8. The van der Waals surface area contributed by atoms with E-state index in [1.54, 1.807) is 11.3 Å². The summed E-state index contributed by atoms with van der Waals surface area (Å²) in [6, 6.07) is 50.9. The van der Waals surface area contributed by atoms with Crippen LogP contribution in [0, 0.1) is 0 Å². The molecule has 0 saturated heterocycles. The molecule has 0 amide bonds. The summed E-state index contributed by atoms with van der Waals surface area (Å²) in [6.45, 7) is 0. The van der Waals surface area contributed by atoms with Crippen molar-refractivity contribution in [3.63, 3.8) is 0 Å². The van der Waals surface area contributed by atoms with Crippen molar-refractivity contribution in [2.45, 2.75) is 0 Å². The molecule has 0 fully saturated rings. The first kappa shape index (κ1) is 26.5. The summed E-state index contributed by atoms with van der Waals surface area (Å²) in [4.78, 5) is 7.38. The maximum atomic E-state index is 6.59. The zero-order chi connectivity index (χ0) is 29.7. The van der Waals surface area contributed by atoms with E-state index in [9.17, 15) is 0 Å². The number of imidazole rings is 1. The second kappa shape index (κ2) is 10.9. The first-order valence-electron chi connectivity index (χ1n) is 14.7. The van der Waals surface area contributed by atoms with Crippen molar-refractivity contribution < 1.29 is 9.30 Å². The maximum Gasteiger partial charge on any atom is -0.0147 e. The van der Waals surface area contributed by atoms with E-state index in [0.717, 1.165) is 50.2 Å². The Labute approximate surface area is 274 Å². The van der Waals surface area contributed by atoms with Crippen LogP contribution in [0.5, 0.6) is 11.5 Å². The van der Waals surface area contributed by atoms with Gasteiger partial charge in [-0.3, -0.25) is 0 Å². The minimum atomic E-state index is -0.557. The van der Waals surface area contributed by atoms with Crippen LogP contribution in [0.4, 0.5) is 16.5 Å². The number of hydrogen-bond donors (Lipinski definition) is 0. The molecule has 45 heavy (non-hydrogen) atoms. The van der Waals surface area contributed by atoms with E-state index in [2.05, 4.69) is 148 Å². The van der Waals surface area contributed by atoms with Gasteiger partial charge in [-0.05, 0) is 12.1 Å². The molecule has 0 bridgehead atoms. The Morgan fingerprint density at radius 2 is 1.42 bits per heavy atom. The zero-order valence-electron chi connectivity index (χ0n) is 23.9. The van der Waals surface area contributed by atoms with Crippen molar-refractivity contribution >= 4 is 77.2 Å². The van der Waals surface area contributed by atoms with Crippen molar-refractivity contribution in [3.8, 4) is 22.9 Å². The first-order valence-corrected chi connectivity index (χ1v) is 17.9. The number of para-hydroxylation sites is 5. The molecule has 3 heterocycles.